The summed E-state index contributed by atoms with van der Waals surface area (Å²) in [6, 6.07) is 8.76. The summed E-state index contributed by atoms with van der Waals surface area (Å²) in [4.78, 5) is 26.4. The molecule has 0 spiro atoms. The summed E-state index contributed by atoms with van der Waals surface area (Å²) in [7, 11) is 0. The first-order valence-electron chi connectivity index (χ1n) is 7.88. The summed E-state index contributed by atoms with van der Waals surface area (Å²) in [6.45, 7) is 5.39. The molecule has 0 aromatic heterocycles. The van der Waals surface area contributed by atoms with E-state index in [1.54, 1.807) is 0 Å². The zero-order valence-electron chi connectivity index (χ0n) is 14.2. The van der Waals surface area contributed by atoms with Gasteiger partial charge >= 0.3 is 0 Å². The van der Waals surface area contributed by atoms with Crippen LogP contribution in [0.1, 0.15) is 25.0 Å². The Bertz CT molecular complexity index is 878. The van der Waals surface area contributed by atoms with Gasteiger partial charge < -0.3 is 10.2 Å². The molecule has 2 aromatic carbocycles. The second-order valence-corrected chi connectivity index (χ2v) is 6.71. The molecular weight excluding hydrogens is 326 g/mol. The van der Waals surface area contributed by atoms with Gasteiger partial charge in [0.2, 0.25) is 11.8 Å². The minimum atomic E-state index is -1.04. The predicted molar refractivity (Wildman–Crippen MR) is 91.5 cm³/mol. The van der Waals surface area contributed by atoms with Gasteiger partial charge in [-0.25, -0.2) is 8.78 Å². The van der Waals surface area contributed by atoms with Crippen LogP contribution in [0.5, 0.6) is 0 Å². The van der Waals surface area contributed by atoms with Crippen molar-refractivity contribution in [2.24, 2.45) is 0 Å². The van der Waals surface area contributed by atoms with Crippen molar-refractivity contribution in [1.29, 1.82) is 0 Å². The summed E-state index contributed by atoms with van der Waals surface area (Å²) in [5.41, 5.74) is 2.02. The molecule has 0 saturated heterocycles. The smallest absolute Gasteiger partial charge is 0.244 e. The van der Waals surface area contributed by atoms with Gasteiger partial charge in [-0.1, -0.05) is 17.7 Å². The molecule has 1 N–H and O–H groups in total. The highest BCUT2D eigenvalue weighted by Crippen LogP contribution is 2.41. The SMILES string of the molecule is Cc1ccc2c(c1)C(C)(C)C(=O)N2CC(=O)Nc1ccc(F)c(F)c1. The minimum absolute atomic E-state index is 0.138. The Morgan fingerprint density at radius 3 is 2.52 bits per heavy atom. The van der Waals surface area contributed by atoms with E-state index in [2.05, 4.69) is 5.32 Å². The van der Waals surface area contributed by atoms with Gasteiger partial charge in [0, 0.05) is 17.4 Å². The number of aryl methyl sites for hydroxylation is 1. The van der Waals surface area contributed by atoms with Crippen molar-refractivity contribution in [3.63, 3.8) is 0 Å². The summed E-state index contributed by atoms with van der Waals surface area (Å²) in [6.07, 6.45) is 0. The quantitative estimate of drug-likeness (QED) is 0.926. The van der Waals surface area contributed by atoms with E-state index in [4.69, 9.17) is 0 Å². The molecule has 6 heteroatoms. The predicted octanol–water partition coefficient (Wildman–Crippen LogP) is 3.54. The first-order chi connectivity index (χ1) is 11.7. The third-order valence-corrected chi connectivity index (χ3v) is 4.40. The van der Waals surface area contributed by atoms with Crippen LogP contribution in [0.15, 0.2) is 36.4 Å². The van der Waals surface area contributed by atoms with Crippen LogP contribution in [0.25, 0.3) is 0 Å². The maximum atomic E-state index is 13.2. The number of carbonyl (C=O) groups is 2. The molecule has 1 aliphatic rings. The number of benzene rings is 2. The molecule has 0 unspecified atom stereocenters. The number of nitrogens with one attached hydrogen (secondary N) is 1. The third-order valence-electron chi connectivity index (χ3n) is 4.40. The molecule has 0 bridgehead atoms. The normalized spacial score (nSPS) is 15.2. The van der Waals surface area contributed by atoms with Gasteiger partial charge in [-0.2, -0.15) is 0 Å². The Hall–Kier alpha value is -2.76. The number of carbonyl (C=O) groups excluding carboxylic acids is 2. The third kappa shape index (κ3) is 2.99. The molecule has 4 nitrogen and oxygen atoms in total. The zero-order valence-corrected chi connectivity index (χ0v) is 14.2. The number of nitrogens with zero attached hydrogens (tertiary/aromatic N) is 1. The maximum Gasteiger partial charge on any atom is 0.244 e. The highest BCUT2D eigenvalue weighted by atomic mass is 19.2. The van der Waals surface area contributed by atoms with Crippen molar-refractivity contribution in [2.45, 2.75) is 26.2 Å². The molecule has 2 aromatic rings. The molecule has 0 radical (unpaired) electrons. The fourth-order valence-corrected chi connectivity index (χ4v) is 3.02. The second kappa shape index (κ2) is 5.95. The Morgan fingerprint density at radius 2 is 1.84 bits per heavy atom. The van der Waals surface area contributed by atoms with Crippen LogP contribution in [-0.2, 0) is 15.0 Å². The summed E-state index contributed by atoms with van der Waals surface area (Å²) in [5.74, 6) is -2.69. The Balaban J connectivity index is 1.82. The number of fused-ring (bicyclic) bond motifs is 1. The van der Waals surface area contributed by atoms with Crippen molar-refractivity contribution < 1.29 is 18.4 Å². The van der Waals surface area contributed by atoms with Gasteiger partial charge in [-0.05, 0) is 44.5 Å². The molecule has 2 amide bonds. The summed E-state index contributed by atoms with van der Waals surface area (Å²) >= 11 is 0. The summed E-state index contributed by atoms with van der Waals surface area (Å²) in [5, 5.41) is 2.49. The van der Waals surface area contributed by atoms with Crippen LogP contribution in [0, 0.1) is 18.6 Å². The van der Waals surface area contributed by atoms with E-state index < -0.39 is 23.0 Å². The van der Waals surface area contributed by atoms with Crippen LogP contribution in [0.3, 0.4) is 0 Å². The molecule has 1 aliphatic heterocycles. The van der Waals surface area contributed by atoms with Gasteiger partial charge in [0.05, 0.1) is 5.41 Å². The van der Waals surface area contributed by atoms with Crippen molar-refractivity contribution in [2.75, 3.05) is 16.8 Å². The van der Waals surface area contributed by atoms with Crippen molar-refractivity contribution in [1.82, 2.24) is 0 Å². The molecule has 0 aliphatic carbocycles. The van der Waals surface area contributed by atoms with E-state index in [-0.39, 0.29) is 18.1 Å². The molecule has 0 saturated carbocycles. The Morgan fingerprint density at radius 1 is 1.12 bits per heavy atom. The van der Waals surface area contributed by atoms with Gasteiger partial charge in [0.25, 0.3) is 0 Å². The molecule has 1 heterocycles. The first-order valence-corrected chi connectivity index (χ1v) is 7.88. The highest BCUT2D eigenvalue weighted by Gasteiger charge is 2.44. The number of hydrogen-bond acceptors (Lipinski definition) is 2. The lowest BCUT2D eigenvalue weighted by molar-refractivity contribution is -0.124. The zero-order chi connectivity index (χ0) is 18.4. The number of anilines is 2. The monoisotopic (exact) mass is 344 g/mol. The van der Waals surface area contributed by atoms with Gasteiger partial charge in [0.1, 0.15) is 6.54 Å². The standard InChI is InChI=1S/C19H18F2N2O2/c1-11-4-7-16-13(8-11)19(2,3)18(25)23(16)10-17(24)22-12-5-6-14(20)15(21)9-12/h4-9H,10H2,1-3H3,(H,22,24). The molecular formula is C19H18F2N2O2. The maximum absolute atomic E-state index is 13.2. The molecule has 3 rings (SSSR count). The average molecular weight is 344 g/mol. The van der Waals surface area contributed by atoms with Gasteiger partial charge in [0.15, 0.2) is 11.6 Å². The topological polar surface area (TPSA) is 49.4 Å². The van der Waals surface area contributed by atoms with Crippen LogP contribution < -0.4 is 10.2 Å². The number of amides is 2. The lowest BCUT2D eigenvalue weighted by Gasteiger charge is -2.20. The van der Waals surface area contributed by atoms with E-state index in [1.807, 2.05) is 39.0 Å². The second-order valence-electron chi connectivity index (χ2n) is 6.71. The van der Waals surface area contributed by atoms with Crippen LogP contribution >= 0.6 is 0 Å². The lowest BCUT2D eigenvalue weighted by atomic mass is 9.85. The molecule has 130 valence electrons. The Labute approximate surface area is 144 Å². The van der Waals surface area contributed by atoms with Crippen molar-refractivity contribution in [3.8, 4) is 0 Å². The molecule has 0 fully saturated rings. The first kappa shape index (κ1) is 17.1. The number of hydrogen-bond donors (Lipinski definition) is 1. The van der Waals surface area contributed by atoms with E-state index in [9.17, 15) is 18.4 Å². The van der Waals surface area contributed by atoms with Crippen molar-refractivity contribution >= 4 is 23.2 Å². The largest absolute Gasteiger partial charge is 0.324 e. The fourth-order valence-electron chi connectivity index (χ4n) is 3.02. The lowest BCUT2D eigenvalue weighted by Crippen LogP contribution is -2.40. The Kier molecular flexibility index (Phi) is 4.06. The van der Waals surface area contributed by atoms with Gasteiger partial charge in [-0.15, -0.1) is 0 Å². The van der Waals surface area contributed by atoms with Crippen LogP contribution in [-0.4, -0.2) is 18.4 Å². The van der Waals surface area contributed by atoms with E-state index >= 15 is 0 Å². The van der Waals surface area contributed by atoms with Crippen LogP contribution in [0.2, 0.25) is 0 Å². The number of rotatable bonds is 3. The van der Waals surface area contributed by atoms with E-state index in [0.29, 0.717) is 5.69 Å². The van der Waals surface area contributed by atoms with E-state index in [0.717, 1.165) is 23.3 Å². The summed E-state index contributed by atoms with van der Waals surface area (Å²) < 4.78 is 26.2. The van der Waals surface area contributed by atoms with Crippen molar-refractivity contribution in [3.05, 3.63) is 59.2 Å². The van der Waals surface area contributed by atoms with E-state index in [1.165, 1.54) is 11.0 Å². The van der Waals surface area contributed by atoms with Crippen LogP contribution in [0.4, 0.5) is 20.2 Å². The average Bonchev–Trinajstić information content (AvgIpc) is 2.72. The molecule has 25 heavy (non-hydrogen) atoms. The highest BCUT2D eigenvalue weighted by molar-refractivity contribution is 6.11. The fraction of sp³-hybridized carbons (Fsp3) is 0.263. The van der Waals surface area contributed by atoms with Gasteiger partial charge in [-0.3, -0.25) is 9.59 Å². The number of halogens is 2. The molecule has 0 atom stereocenters. The minimum Gasteiger partial charge on any atom is -0.324 e.